The van der Waals surface area contributed by atoms with Crippen LogP contribution in [0, 0.1) is 13.8 Å². The Hall–Kier alpha value is -3.80. The molecule has 35 heavy (non-hydrogen) atoms. The molecule has 0 bridgehead atoms. The zero-order chi connectivity index (χ0) is 24.4. The Morgan fingerprint density at radius 2 is 1.69 bits per heavy atom. The molecule has 1 fully saturated rings. The van der Waals surface area contributed by atoms with Gasteiger partial charge in [0.15, 0.2) is 5.75 Å². The lowest BCUT2D eigenvalue weighted by Crippen LogP contribution is -2.38. The standard InChI is InChI=1S/C29H31N3O3/c1-20-6-12-26-24(17-20)29(30-25-11-5-21(2)18-27(25)35-26)32-14-4-13-31(15-16-32)28(33)19-22-7-9-23(34-3)10-8-22/h5-12,17-18H,4,13-16,19H2,1-3H3. The van der Waals surface area contributed by atoms with Crippen LogP contribution in [0.15, 0.2) is 65.7 Å². The SMILES string of the molecule is COc1ccc(CC(=O)N2CCCN(C3=Nc4ccc(C)cc4Oc4ccc(C)cc43)CC2)cc1. The maximum absolute atomic E-state index is 13.1. The number of aryl methyl sites for hydroxylation is 2. The predicted molar refractivity (Wildman–Crippen MR) is 138 cm³/mol. The first-order valence-electron chi connectivity index (χ1n) is 12.1. The number of fused-ring (bicyclic) bond motifs is 2. The number of rotatable bonds is 3. The van der Waals surface area contributed by atoms with Crippen LogP contribution < -0.4 is 9.47 Å². The van der Waals surface area contributed by atoms with Crippen molar-refractivity contribution >= 4 is 17.4 Å². The van der Waals surface area contributed by atoms with E-state index in [-0.39, 0.29) is 5.91 Å². The summed E-state index contributed by atoms with van der Waals surface area (Å²) in [5, 5.41) is 0. The molecule has 1 amide bonds. The normalized spacial score (nSPS) is 15.2. The highest BCUT2D eigenvalue weighted by atomic mass is 16.5. The number of nitrogens with zero attached hydrogens (tertiary/aromatic N) is 3. The highest BCUT2D eigenvalue weighted by molar-refractivity contribution is 6.04. The molecule has 6 nitrogen and oxygen atoms in total. The van der Waals surface area contributed by atoms with Crippen molar-refractivity contribution in [1.29, 1.82) is 0 Å². The van der Waals surface area contributed by atoms with Gasteiger partial charge >= 0.3 is 0 Å². The Morgan fingerprint density at radius 3 is 2.49 bits per heavy atom. The monoisotopic (exact) mass is 469 g/mol. The molecule has 0 saturated carbocycles. The first-order chi connectivity index (χ1) is 17.0. The van der Waals surface area contributed by atoms with Crippen molar-refractivity contribution < 1.29 is 14.3 Å². The Kier molecular flexibility index (Phi) is 6.45. The van der Waals surface area contributed by atoms with Gasteiger partial charge in [-0.25, -0.2) is 4.99 Å². The molecule has 0 radical (unpaired) electrons. The molecule has 180 valence electrons. The maximum atomic E-state index is 13.1. The summed E-state index contributed by atoms with van der Waals surface area (Å²) in [7, 11) is 1.65. The van der Waals surface area contributed by atoms with E-state index in [2.05, 4.69) is 36.9 Å². The van der Waals surface area contributed by atoms with Crippen LogP contribution in [0.3, 0.4) is 0 Å². The van der Waals surface area contributed by atoms with Crippen LogP contribution >= 0.6 is 0 Å². The maximum Gasteiger partial charge on any atom is 0.227 e. The van der Waals surface area contributed by atoms with Crippen molar-refractivity contribution in [3.05, 3.63) is 82.9 Å². The van der Waals surface area contributed by atoms with Gasteiger partial charge in [-0.05, 0) is 67.8 Å². The second kappa shape index (κ2) is 9.82. The third-order valence-electron chi connectivity index (χ3n) is 6.60. The topological polar surface area (TPSA) is 54.4 Å². The summed E-state index contributed by atoms with van der Waals surface area (Å²) >= 11 is 0. The molecule has 0 aromatic heterocycles. The molecule has 0 unspecified atom stereocenters. The molecular formula is C29H31N3O3. The molecule has 2 aliphatic rings. The summed E-state index contributed by atoms with van der Waals surface area (Å²) in [5.41, 5.74) is 5.12. The van der Waals surface area contributed by atoms with E-state index in [0.29, 0.717) is 13.0 Å². The fraction of sp³-hybridized carbons (Fsp3) is 0.310. The average Bonchev–Trinajstić information content (AvgIpc) is 3.19. The molecule has 3 aromatic carbocycles. The van der Waals surface area contributed by atoms with Gasteiger partial charge in [0.1, 0.15) is 23.0 Å². The van der Waals surface area contributed by atoms with Crippen molar-refractivity contribution in [2.24, 2.45) is 4.99 Å². The summed E-state index contributed by atoms with van der Waals surface area (Å²) in [5.74, 6) is 3.45. The first-order valence-corrected chi connectivity index (χ1v) is 12.1. The van der Waals surface area contributed by atoms with Crippen molar-refractivity contribution in [2.45, 2.75) is 26.7 Å². The van der Waals surface area contributed by atoms with Crippen LogP contribution in [0.4, 0.5) is 5.69 Å². The minimum absolute atomic E-state index is 0.153. The number of carbonyl (C=O) groups excluding carboxylic acids is 1. The number of methoxy groups -OCH3 is 1. The minimum atomic E-state index is 0.153. The molecular weight excluding hydrogens is 438 g/mol. The molecule has 0 N–H and O–H groups in total. The van der Waals surface area contributed by atoms with Gasteiger partial charge in [0.25, 0.3) is 0 Å². The van der Waals surface area contributed by atoms with E-state index in [1.807, 2.05) is 47.4 Å². The van der Waals surface area contributed by atoms with Gasteiger partial charge in [-0.2, -0.15) is 0 Å². The number of hydrogen-bond donors (Lipinski definition) is 0. The fourth-order valence-electron chi connectivity index (χ4n) is 4.65. The number of benzene rings is 3. The summed E-state index contributed by atoms with van der Waals surface area (Å²) in [4.78, 5) is 22.4. The van der Waals surface area contributed by atoms with Gasteiger partial charge in [-0.15, -0.1) is 0 Å². The third kappa shape index (κ3) is 5.02. The molecule has 6 heteroatoms. The molecule has 0 spiro atoms. The van der Waals surface area contributed by atoms with Gasteiger partial charge in [-0.3, -0.25) is 4.79 Å². The number of aliphatic imine (C=N–C) groups is 1. The summed E-state index contributed by atoms with van der Waals surface area (Å²) in [6, 6.07) is 20.1. The van der Waals surface area contributed by atoms with Gasteiger partial charge in [0.2, 0.25) is 5.91 Å². The highest BCUT2D eigenvalue weighted by Crippen LogP contribution is 2.39. The molecule has 0 atom stereocenters. The van der Waals surface area contributed by atoms with Gasteiger partial charge in [0, 0.05) is 26.2 Å². The van der Waals surface area contributed by atoms with E-state index in [0.717, 1.165) is 77.1 Å². The van der Waals surface area contributed by atoms with E-state index in [1.54, 1.807) is 7.11 Å². The van der Waals surface area contributed by atoms with Crippen LogP contribution in [0.2, 0.25) is 0 Å². The Morgan fingerprint density at radius 1 is 0.914 bits per heavy atom. The van der Waals surface area contributed by atoms with Gasteiger partial charge in [-0.1, -0.05) is 29.8 Å². The lowest BCUT2D eigenvalue weighted by Gasteiger charge is -2.25. The predicted octanol–water partition coefficient (Wildman–Crippen LogP) is 5.27. The van der Waals surface area contributed by atoms with E-state index >= 15 is 0 Å². The Labute approximate surface area is 206 Å². The van der Waals surface area contributed by atoms with Crippen LogP contribution in [0.1, 0.15) is 28.7 Å². The quantitative estimate of drug-likeness (QED) is 0.524. The van der Waals surface area contributed by atoms with E-state index in [4.69, 9.17) is 14.5 Å². The van der Waals surface area contributed by atoms with E-state index in [1.165, 1.54) is 0 Å². The molecule has 0 aliphatic carbocycles. The molecule has 1 saturated heterocycles. The molecule has 5 rings (SSSR count). The lowest BCUT2D eigenvalue weighted by molar-refractivity contribution is -0.130. The van der Waals surface area contributed by atoms with E-state index < -0.39 is 0 Å². The van der Waals surface area contributed by atoms with Gasteiger partial charge in [0.05, 0.1) is 19.1 Å². The number of amidine groups is 1. The van der Waals surface area contributed by atoms with Crippen molar-refractivity contribution in [1.82, 2.24) is 9.80 Å². The zero-order valence-corrected chi connectivity index (χ0v) is 20.6. The number of amides is 1. The number of carbonyl (C=O) groups is 1. The summed E-state index contributed by atoms with van der Waals surface area (Å²) in [6.07, 6.45) is 1.28. The summed E-state index contributed by atoms with van der Waals surface area (Å²) < 4.78 is 11.5. The average molecular weight is 470 g/mol. The number of ether oxygens (including phenoxy) is 2. The zero-order valence-electron chi connectivity index (χ0n) is 20.6. The van der Waals surface area contributed by atoms with E-state index in [9.17, 15) is 4.79 Å². The Balaban J connectivity index is 1.37. The summed E-state index contributed by atoms with van der Waals surface area (Å²) in [6.45, 7) is 7.10. The van der Waals surface area contributed by atoms with Crippen molar-refractivity contribution in [3.8, 4) is 17.2 Å². The number of hydrogen-bond acceptors (Lipinski definition) is 5. The van der Waals surface area contributed by atoms with Crippen molar-refractivity contribution in [3.63, 3.8) is 0 Å². The first kappa shape index (κ1) is 23.0. The Bertz CT molecular complexity index is 1270. The molecule has 2 aliphatic heterocycles. The second-order valence-electron chi connectivity index (χ2n) is 9.25. The fourth-order valence-corrected chi connectivity index (χ4v) is 4.65. The largest absolute Gasteiger partial charge is 0.497 e. The molecule has 3 aromatic rings. The van der Waals surface area contributed by atoms with Crippen molar-refractivity contribution in [2.75, 3.05) is 33.3 Å². The van der Waals surface area contributed by atoms with Crippen LogP contribution in [-0.2, 0) is 11.2 Å². The minimum Gasteiger partial charge on any atom is -0.497 e. The van der Waals surface area contributed by atoms with Gasteiger partial charge < -0.3 is 19.3 Å². The van der Waals surface area contributed by atoms with Crippen LogP contribution in [-0.4, -0.2) is 54.8 Å². The molecule has 2 heterocycles. The van der Waals surface area contributed by atoms with Crippen LogP contribution in [0.5, 0.6) is 17.2 Å². The highest BCUT2D eigenvalue weighted by Gasteiger charge is 2.26. The van der Waals surface area contributed by atoms with Crippen LogP contribution in [0.25, 0.3) is 0 Å². The lowest BCUT2D eigenvalue weighted by atomic mass is 10.1. The smallest absolute Gasteiger partial charge is 0.227 e. The third-order valence-corrected chi connectivity index (χ3v) is 6.60. The second-order valence-corrected chi connectivity index (χ2v) is 9.25.